The van der Waals surface area contributed by atoms with Gasteiger partial charge in [-0.05, 0) is 44.8 Å². The third-order valence-electron chi connectivity index (χ3n) is 6.04. The molecule has 0 radical (unpaired) electrons. The Hall–Kier alpha value is -4.27. The molecule has 1 aromatic heterocycles. The summed E-state index contributed by atoms with van der Waals surface area (Å²) in [5, 5.41) is 2.04. The fourth-order valence-corrected chi connectivity index (χ4v) is 3.92. The summed E-state index contributed by atoms with van der Waals surface area (Å²) < 4.78 is 112. The van der Waals surface area contributed by atoms with Crippen molar-refractivity contribution in [2.24, 2.45) is 0 Å². The van der Waals surface area contributed by atoms with Gasteiger partial charge in [0.15, 0.2) is 0 Å². The zero-order valence-corrected chi connectivity index (χ0v) is 24.0. The standard InChI is InChI=1S/C19H20F6N2O.C10H9F2NO3/c1-12-5-4-6-13(9-12)10-14-15(18(20,21)22)11-16(19(23,24)25)27(17(14)28)8-7-26(2)3;1-16-8(14)5-13-10(15)9-6(11)3-2-4-7(9)12/h4-6,9,11H,7-8,10H2,1-3H3;2-4H,5H2,1H3,(H,13,15). The molecule has 2 aromatic carbocycles. The number of nitrogens with one attached hydrogen (secondary N) is 1. The van der Waals surface area contributed by atoms with E-state index in [1.165, 1.54) is 6.07 Å². The van der Waals surface area contributed by atoms with Gasteiger partial charge in [0, 0.05) is 25.1 Å². The number of aryl methyl sites for hydroxylation is 1. The molecule has 0 aliphatic heterocycles. The summed E-state index contributed by atoms with van der Waals surface area (Å²) in [4.78, 5) is 36.3. The van der Waals surface area contributed by atoms with Crippen molar-refractivity contribution in [1.29, 1.82) is 0 Å². The summed E-state index contributed by atoms with van der Waals surface area (Å²) in [5.41, 5.74) is -4.64. The van der Waals surface area contributed by atoms with Crippen molar-refractivity contribution in [3.05, 3.63) is 104 Å². The quantitative estimate of drug-likeness (QED) is 0.272. The number of carbonyl (C=O) groups is 2. The molecule has 1 N–H and O–H groups in total. The lowest BCUT2D eigenvalue weighted by molar-refractivity contribution is -0.148. The monoisotopic (exact) mass is 635 g/mol. The van der Waals surface area contributed by atoms with Gasteiger partial charge in [0.1, 0.15) is 29.4 Å². The molecule has 240 valence electrons. The molecule has 0 fully saturated rings. The van der Waals surface area contributed by atoms with Crippen LogP contribution in [0.25, 0.3) is 0 Å². The van der Waals surface area contributed by atoms with Crippen LogP contribution in [0.3, 0.4) is 0 Å². The molecule has 44 heavy (non-hydrogen) atoms. The molecule has 7 nitrogen and oxygen atoms in total. The number of carbonyl (C=O) groups excluding carboxylic acids is 2. The molecule has 0 atom stereocenters. The molecular formula is C29H29F8N3O4. The summed E-state index contributed by atoms with van der Waals surface area (Å²) in [7, 11) is 4.32. The van der Waals surface area contributed by atoms with Gasteiger partial charge in [0.25, 0.3) is 11.5 Å². The number of likely N-dealkylation sites (N-methyl/N-ethyl adjacent to an activating group) is 1. The van der Waals surface area contributed by atoms with Gasteiger partial charge in [-0.2, -0.15) is 26.3 Å². The van der Waals surface area contributed by atoms with Crippen LogP contribution in [-0.2, 0) is 34.8 Å². The molecule has 3 rings (SSSR count). The van der Waals surface area contributed by atoms with Gasteiger partial charge in [-0.15, -0.1) is 0 Å². The highest BCUT2D eigenvalue weighted by Gasteiger charge is 2.41. The number of aromatic nitrogens is 1. The minimum Gasteiger partial charge on any atom is -0.468 e. The fraction of sp³-hybridized carbons (Fsp3) is 0.345. The maximum absolute atomic E-state index is 13.5. The lowest BCUT2D eigenvalue weighted by Crippen LogP contribution is -2.36. The Morgan fingerprint density at radius 3 is 2.02 bits per heavy atom. The molecule has 0 saturated heterocycles. The van der Waals surface area contributed by atoms with E-state index in [0.717, 1.165) is 30.9 Å². The SMILES string of the molecule is COC(=O)CNC(=O)c1c(F)cccc1F.Cc1cccc(Cc2c(C(F)(F)F)cc(C(F)(F)F)n(CCN(C)C)c2=O)c1. The number of nitrogens with zero attached hydrogens (tertiary/aromatic N) is 2. The highest BCUT2D eigenvalue weighted by Crippen LogP contribution is 2.36. The van der Waals surface area contributed by atoms with Crippen molar-refractivity contribution in [3.63, 3.8) is 0 Å². The van der Waals surface area contributed by atoms with Crippen LogP contribution in [-0.4, -0.2) is 55.6 Å². The molecule has 3 aromatic rings. The first kappa shape index (κ1) is 35.9. The smallest absolute Gasteiger partial charge is 0.431 e. The first-order chi connectivity index (χ1) is 20.4. The summed E-state index contributed by atoms with van der Waals surface area (Å²) in [6.45, 7) is 0.983. The summed E-state index contributed by atoms with van der Waals surface area (Å²) >= 11 is 0. The van der Waals surface area contributed by atoms with Crippen LogP contribution in [0.2, 0.25) is 0 Å². The molecule has 0 aliphatic carbocycles. The summed E-state index contributed by atoms with van der Waals surface area (Å²) in [6, 6.07) is 9.58. The largest absolute Gasteiger partial charge is 0.468 e. The zero-order valence-electron chi connectivity index (χ0n) is 24.0. The fourth-order valence-electron chi connectivity index (χ4n) is 3.92. The van der Waals surface area contributed by atoms with Crippen molar-refractivity contribution < 1.29 is 49.4 Å². The minimum absolute atomic E-state index is 0.0438. The van der Waals surface area contributed by atoms with E-state index in [-0.39, 0.29) is 19.2 Å². The maximum atomic E-state index is 13.5. The molecule has 0 bridgehead atoms. The number of methoxy groups -OCH3 is 1. The molecule has 0 saturated carbocycles. The van der Waals surface area contributed by atoms with E-state index in [1.54, 1.807) is 44.1 Å². The molecule has 1 amide bonds. The van der Waals surface area contributed by atoms with Gasteiger partial charge >= 0.3 is 18.3 Å². The maximum Gasteiger partial charge on any atom is 0.431 e. The Labute approximate surface area is 247 Å². The van der Waals surface area contributed by atoms with E-state index in [9.17, 15) is 49.5 Å². The van der Waals surface area contributed by atoms with Gasteiger partial charge in [-0.3, -0.25) is 14.4 Å². The average molecular weight is 636 g/mol. The lowest BCUT2D eigenvalue weighted by atomic mass is 9.98. The molecular weight excluding hydrogens is 606 g/mol. The van der Waals surface area contributed by atoms with Crippen molar-refractivity contribution >= 4 is 11.9 Å². The molecule has 0 spiro atoms. The summed E-state index contributed by atoms with van der Waals surface area (Å²) in [5.74, 6) is -3.67. The van der Waals surface area contributed by atoms with Crippen LogP contribution in [0, 0.1) is 18.6 Å². The van der Waals surface area contributed by atoms with Crippen molar-refractivity contribution in [1.82, 2.24) is 14.8 Å². The van der Waals surface area contributed by atoms with E-state index in [2.05, 4.69) is 4.74 Å². The average Bonchev–Trinajstić information content (AvgIpc) is 2.90. The van der Waals surface area contributed by atoms with Gasteiger partial charge in [0.2, 0.25) is 0 Å². The number of rotatable bonds is 8. The number of esters is 1. The number of hydrogen-bond acceptors (Lipinski definition) is 5. The molecule has 15 heteroatoms. The second-order valence-electron chi connectivity index (χ2n) is 9.70. The Bertz CT molecular complexity index is 1510. The minimum atomic E-state index is -5.09. The van der Waals surface area contributed by atoms with Crippen molar-refractivity contribution in [3.8, 4) is 0 Å². The predicted octanol–water partition coefficient (Wildman–Crippen LogP) is 5.21. The van der Waals surface area contributed by atoms with E-state index in [0.29, 0.717) is 10.1 Å². The Balaban J connectivity index is 0.000000358. The van der Waals surface area contributed by atoms with E-state index < -0.39 is 76.8 Å². The van der Waals surface area contributed by atoms with E-state index in [1.807, 2.05) is 5.32 Å². The van der Waals surface area contributed by atoms with Crippen LogP contribution >= 0.6 is 0 Å². The van der Waals surface area contributed by atoms with Crippen LogP contribution in [0.4, 0.5) is 35.1 Å². The first-order valence-electron chi connectivity index (χ1n) is 12.8. The second kappa shape index (κ2) is 14.9. The van der Waals surface area contributed by atoms with Crippen molar-refractivity contribution in [2.45, 2.75) is 32.2 Å². The molecule has 0 unspecified atom stereocenters. The highest BCUT2D eigenvalue weighted by atomic mass is 19.4. The number of ether oxygens (including phenoxy) is 1. The number of hydrogen-bond donors (Lipinski definition) is 1. The van der Waals surface area contributed by atoms with E-state index >= 15 is 0 Å². The normalized spacial score (nSPS) is 11.6. The Morgan fingerprint density at radius 2 is 1.52 bits per heavy atom. The van der Waals surface area contributed by atoms with Gasteiger partial charge in [0.05, 0.1) is 12.7 Å². The summed E-state index contributed by atoms with van der Waals surface area (Å²) in [6.07, 6.45) is -10.6. The number of halogens is 8. The Kier molecular flexibility index (Phi) is 12.2. The third-order valence-corrected chi connectivity index (χ3v) is 6.04. The van der Waals surface area contributed by atoms with Gasteiger partial charge in [-0.1, -0.05) is 35.9 Å². The first-order valence-corrected chi connectivity index (χ1v) is 12.8. The number of benzene rings is 2. The third kappa shape index (κ3) is 9.89. The topological polar surface area (TPSA) is 80.6 Å². The van der Waals surface area contributed by atoms with Crippen LogP contribution < -0.4 is 10.9 Å². The zero-order chi connectivity index (χ0) is 33.4. The second-order valence-corrected chi connectivity index (χ2v) is 9.70. The number of alkyl halides is 6. The number of amides is 1. The molecule has 1 heterocycles. The van der Waals surface area contributed by atoms with Crippen LogP contribution in [0.1, 0.15) is 38.3 Å². The van der Waals surface area contributed by atoms with Gasteiger partial charge < -0.3 is 19.5 Å². The molecule has 0 aliphatic rings. The highest BCUT2D eigenvalue weighted by molar-refractivity contribution is 5.96. The predicted molar refractivity (Wildman–Crippen MR) is 144 cm³/mol. The van der Waals surface area contributed by atoms with Gasteiger partial charge in [-0.25, -0.2) is 8.78 Å². The van der Waals surface area contributed by atoms with Crippen LogP contribution in [0.5, 0.6) is 0 Å². The van der Waals surface area contributed by atoms with E-state index in [4.69, 9.17) is 0 Å². The van der Waals surface area contributed by atoms with Crippen molar-refractivity contribution in [2.75, 3.05) is 34.3 Å². The Morgan fingerprint density at radius 1 is 0.932 bits per heavy atom. The number of pyridine rings is 1. The lowest BCUT2D eigenvalue weighted by Gasteiger charge is -2.22. The van der Waals surface area contributed by atoms with Crippen LogP contribution in [0.15, 0.2) is 53.3 Å².